The van der Waals surface area contributed by atoms with Crippen molar-refractivity contribution >= 4 is 21.7 Å². The molecule has 3 rings (SSSR count). The second-order valence-corrected chi connectivity index (χ2v) is 11.4. The minimum absolute atomic E-state index is 0.115. The van der Waals surface area contributed by atoms with Crippen LogP contribution in [0.2, 0.25) is 0 Å². The summed E-state index contributed by atoms with van der Waals surface area (Å²) in [4.78, 5) is 26.3. The number of nitrogens with zero attached hydrogens (tertiary/aromatic N) is 4. The summed E-state index contributed by atoms with van der Waals surface area (Å²) < 4.78 is 29.2. The summed E-state index contributed by atoms with van der Waals surface area (Å²) in [6, 6.07) is 7.80. The summed E-state index contributed by atoms with van der Waals surface area (Å²) in [6.07, 6.45) is 0. The number of ketones is 1. The number of rotatable bonds is 5. The zero-order chi connectivity index (χ0) is 23.8. The molecule has 2 heterocycles. The van der Waals surface area contributed by atoms with Gasteiger partial charge in [-0.3, -0.25) is 14.3 Å². The first kappa shape index (κ1) is 24.1. The molecule has 1 saturated heterocycles. The van der Waals surface area contributed by atoms with Crippen molar-refractivity contribution in [2.75, 3.05) is 26.2 Å². The molecule has 1 fully saturated rings. The summed E-state index contributed by atoms with van der Waals surface area (Å²) in [7, 11) is -3.69. The smallest absolute Gasteiger partial charge is 0.274 e. The molecule has 0 saturated carbocycles. The molecule has 174 valence electrons. The van der Waals surface area contributed by atoms with Gasteiger partial charge in [-0.2, -0.15) is 9.40 Å². The van der Waals surface area contributed by atoms with Crippen LogP contribution in [0, 0.1) is 0 Å². The minimum Gasteiger partial charge on any atom is -0.335 e. The molecule has 9 heteroatoms. The Hall–Kier alpha value is -2.52. The maximum absolute atomic E-state index is 13.1. The van der Waals surface area contributed by atoms with Gasteiger partial charge in [0.25, 0.3) is 5.91 Å². The van der Waals surface area contributed by atoms with Crippen molar-refractivity contribution in [1.82, 2.24) is 19.0 Å². The molecule has 0 bridgehead atoms. The normalized spacial score (nSPS) is 15.9. The van der Waals surface area contributed by atoms with Gasteiger partial charge < -0.3 is 4.90 Å². The Labute approximate surface area is 190 Å². The molecule has 0 atom stereocenters. The summed E-state index contributed by atoms with van der Waals surface area (Å²) in [5.41, 5.74) is 1.61. The van der Waals surface area contributed by atoms with Crippen molar-refractivity contribution in [2.45, 2.75) is 57.9 Å². The molecule has 0 spiro atoms. The molecule has 0 aliphatic carbocycles. The third-order valence-electron chi connectivity index (χ3n) is 5.61. The van der Waals surface area contributed by atoms with Gasteiger partial charge in [0.1, 0.15) is 0 Å². The van der Waals surface area contributed by atoms with Crippen LogP contribution in [-0.2, 0) is 15.6 Å². The highest BCUT2D eigenvalue weighted by molar-refractivity contribution is 7.89. The van der Waals surface area contributed by atoms with Crippen LogP contribution in [0.4, 0.5) is 0 Å². The van der Waals surface area contributed by atoms with E-state index in [1.54, 1.807) is 4.90 Å². The second-order valence-electron chi connectivity index (χ2n) is 9.47. The van der Waals surface area contributed by atoms with Crippen molar-refractivity contribution < 1.29 is 18.0 Å². The maximum Gasteiger partial charge on any atom is 0.274 e. The molecule has 2 aromatic rings. The molecular weight excluding hydrogens is 428 g/mol. The molecule has 1 aliphatic rings. The van der Waals surface area contributed by atoms with E-state index < -0.39 is 10.0 Å². The Kier molecular flexibility index (Phi) is 6.62. The Morgan fingerprint density at radius 2 is 1.56 bits per heavy atom. The fraction of sp³-hybridized carbons (Fsp3) is 0.522. The number of benzene rings is 1. The first-order valence-corrected chi connectivity index (χ1v) is 12.3. The molecule has 0 N–H and O–H groups in total. The predicted molar refractivity (Wildman–Crippen MR) is 122 cm³/mol. The van der Waals surface area contributed by atoms with E-state index in [9.17, 15) is 18.0 Å². The molecule has 1 aromatic carbocycles. The Bertz CT molecular complexity index is 1100. The number of carbonyl (C=O) groups is 2. The fourth-order valence-corrected chi connectivity index (χ4v) is 5.18. The van der Waals surface area contributed by atoms with E-state index in [1.165, 1.54) is 35.5 Å². The van der Waals surface area contributed by atoms with Crippen LogP contribution in [-0.4, -0.2) is 65.3 Å². The van der Waals surface area contributed by atoms with E-state index in [1.807, 2.05) is 31.5 Å². The third kappa shape index (κ3) is 4.78. The Morgan fingerprint density at radius 1 is 1.00 bits per heavy atom. The van der Waals surface area contributed by atoms with E-state index in [2.05, 4.69) is 18.9 Å². The Balaban J connectivity index is 1.73. The van der Waals surface area contributed by atoms with Crippen molar-refractivity contribution in [1.29, 1.82) is 0 Å². The minimum atomic E-state index is -3.69. The van der Waals surface area contributed by atoms with Crippen molar-refractivity contribution in [2.24, 2.45) is 0 Å². The monoisotopic (exact) mass is 460 g/mol. The van der Waals surface area contributed by atoms with E-state index >= 15 is 0 Å². The van der Waals surface area contributed by atoms with Gasteiger partial charge in [0.15, 0.2) is 11.5 Å². The quantitative estimate of drug-likeness (QED) is 0.639. The fourth-order valence-electron chi connectivity index (χ4n) is 3.75. The number of aromatic nitrogens is 2. The predicted octanol–water partition coefficient (Wildman–Crippen LogP) is 3.11. The van der Waals surface area contributed by atoms with Crippen molar-refractivity contribution in [3.05, 3.63) is 47.3 Å². The first-order valence-electron chi connectivity index (χ1n) is 10.8. The summed E-state index contributed by atoms with van der Waals surface area (Å²) in [6.45, 7) is 12.7. The maximum atomic E-state index is 13.1. The molecule has 1 amide bonds. The van der Waals surface area contributed by atoms with Gasteiger partial charge in [-0.05, 0) is 51.8 Å². The standard InChI is InChI=1S/C23H32N4O4S/c1-16(2)21-15-20(24-27(21)23(4,5)6)22(29)25-11-13-26(14-12-25)32(30,31)19-9-7-18(8-10-19)17(3)28/h7-10,15-16H,11-14H2,1-6H3. The molecule has 1 aliphatic heterocycles. The number of piperazine rings is 1. The van der Waals surface area contributed by atoms with Crippen molar-refractivity contribution in [3.8, 4) is 0 Å². The summed E-state index contributed by atoms with van der Waals surface area (Å²) in [5.74, 6) is -0.0759. The molecule has 0 unspecified atom stereocenters. The average molecular weight is 461 g/mol. The average Bonchev–Trinajstić information content (AvgIpc) is 3.20. The SMILES string of the molecule is CC(=O)c1ccc(S(=O)(=O)N2CCN(C(=O)c3cc(C(C)C)n(C(C)(C)C)n3)CC2)cc1. The molecule has 32 heavy (non-hydrogen) atoms. The second kappa shape index (κ2) is 8.78. The first-order chi connectivity index (χ1) is 14.8. The Morgan fingerprint density at radius 3 is 2.00 bits per heavy atom. The zero-order valence-corrected chi connectivity index (χ0v) is 20.4. The van der Waals surface area contributed by atoms with Crippen LogP contribution in [0.15, 0.2) is 35.2 Å². The van der Waals surface area contributed by atoms with E-state index in [0.717, 1.165) is 5.69 Å². The van der Waals surface area contributed by atoms with Gasteiger partial charge in [0, 0.05) is 37.4 Å². The van der Waals surface area contributed by atoms with Gasteiger partial charge in [-0.15, -0.1) is 0 Å². The molecule has 1 aromatic heterocycles. The molecular formula is C23H32N4O4S. The zero-order valence-electron chi connectivity index (χ0n) is 19.6. The van der Waals surface area contributed by atoms with Crippen molar-refractivity contribution in [3.63, 3.8) is 0 Å². The highest BCUT2D eigenvalue weighted by Crippen LogP contribution is 2.25. The van der Waals surface area contributed by atoms with E-state index in [-0.39, 0.29) is 41.1 Å². The number of amides is 1. The highest BCUT2D eigenvalue weighted by atomic mass is 32.2. The number of hydrogen-bond acceptors (Lipinski definition) is 5. The third-order valence-corrected chi connectivity index (χ3v) is 7.52. The molecule has 0 radical (unpaired) electrons. The van der Waals surface area contributed by atoms with Gasteiger partial charge >= 0.3 is 0 Å². The topological polar surface area (TPSA) is 92.6 Å². The number of sulfonamides is 1. The van der Waals surface area contributed by atoms with Crippen LogP contribution in [0.25, 0.3) is 0 Å². The van der Waals surface area contributed by atoms with E-state index in [4.69, 9.17) is 0 Å². The van der Waals surface area contributed by atoms with Gasteiger partial charge in [0.2, 0.25) is 10.0 Å². The summed E-state index contributed by atoms with van der Waals surface area (Å²) in [5, 5.41) is 4.58. The van der Waals surface area contributed by atoms with Crippen LogP contribution >= 0.6 is 0 Å². The lowest BCUT2D eigenvalue weighted by molar-refractivity contribution is 0.0690. The van der Waals surface area contributed by atoms with Gasteiger partial charge in [-0.1, -0.05) is 26.0 Å². The van der Waals surface area contributed by atoms with Crippen LogP contribution in [0.3, 0.4) is 0 Å². The van der Waals surface area contributed by atoms with Gasteiger partial charge in [-0.25, -0.2) is 8.42 Å². The lowest BCUT2D eigenvalue weighted by Gasteiger charge is -2.33. The van der Waals surface area contributed by atoms with Crippen LogP contribution in [0.1, 0.15) is 74.0 Å². The highest BCUT2D eigenvalue weighted by Gasteiger charge is 2.32. The van der Waals surface area contributed by atoms with Gasteiger partial charge in [0.05, 0.1) is 10.4 Å². The number of Topliss-reactive ketones (excluding diaryl/α,β-unsaturated/α-hetero) is 1. The number of carbonyl (C=O) groups excluding carboxylic acids is 2. The van der Waals surface area contributed by atoms with Crippen LogP contribution < -0.4 is 0 Å². The van der Waals surface area contributed by atoms with Crippen LogP contribution in [0.5, 0.6) is 0 Å². The number of hydrogen-bond donors (Lipinski definition) is 0. The lowest BCUT2D eigenvalue weighted by atomic mass is 10.1. The molecule has 8 nitrogen and oxygen atoms in total. The largest absolute Gasteiger partial charge is 0.335 e. The summed E-state index contributed by atoms with van der Waals surface area (Å²) >= 11 is 0. The van der Waals surface area contributed by atoms with E-state index in [0.29, 0.717) is 24.3 Å². The lowest BCUT2D eigenvalue weighted by Crippen LogP contribution is -2.50.